The first-order valence-electron chi connectivity index (χ1n) is 10.6. The van der Waals surface area contributed by atoms with Crippen LogP contribution in [0.2, 0.25) is 0 Å². The molecule has 0 spiro atoms. The van der Waals surface area contributed by atoms with Gasteiger partial charge in [0.05, 0.1) is 18.8 Å². The Kier molecular flexibility index (Phi) is 7.04. The van der Waals surface area contributed by atoms with E-state index in [0.29, 0.717) is 6.61 Å². The van der Waals surface area contributed by atoms with E-state index in [1.54, 1.807) is 11.3 Å². The first kappa shape index (κ1) is 22.6. The van der Waals surface area contributed by atoms with Gasteiger partial charge in [0.25, 0.3) is 0 Å². The Morgan fingerprint density at radius 1 is 1.33 bits per heavy atom. The molecule has 0 radical (unpaired) electrons. The summed E-state index contributed by atoms with van der Waals surface area (Å²) in [5.41, 5.74) is 3.75. The van der Waals surface area contributed by atoms with Crippen molar-refractivity contribution < 1.29 is 19.0 Å². The molecule has 5 heteroatoms. The lowest BCUT2D eigenvalue weighted by Gasteiger charge is -2.27. The molecule has 0 N–H and O–H groups in total. The Labute approximate surface area is 183 Å². The van der Waals surface area contributed by atoms with Crippen molar-refractivity contribution in [1.82, 2.24) is 0 Å². The molecule has 0 fully saturated rings. The van der Waals surface area contributed by atoms with E-state index in [1.165, 1.54) is 5.56 Å². The minimum absolute atomic E-state index is 0.319. The summed E-state index contributed by atoms with van der Waals surface area (Å²) in [7, 11) is 0. The molecule has 1 aromatic carbocycles. The number of rotatable bonds is 6. The van der Waals surface area contributed by atoms with E-state index < -0.39 is 11.7 Å². The number of aryl methyl sites for hydroxylation is 2. The van der Waals surface area contributed by atoms with Crippen LogP contribution in [0.15, 0.2) is 24.3 Å². The van der Waals surface area contributed by atoms with E-state index in [-0.39, 0.29) is 5.97 Å². The number of carbonyl (C=O) groups excluding carboxylic acids is 1. The van der Waals surface area contributed by atoms with Gasteiger partial charge in [0.1, 0.15) is 5.75 Å². The number of hydrogen-bond acceptors (Lipinski definition) is 5. The van der Waals surface area contributed by atoms with Crippen LogP contribution in [0.4, 0.5) is 0 Å². The van der Waals surface area contributed by atoms with Gasteiger partial charge < -0.3 is 14.2 Å². The molecular weight excluding hydrogens is 396 g/mol. The number of thiophene rings is 1. The molecule has 1 aromatic heterocycles. The highest BCUT2D eigenvalue weighted by Crippen LogP contribution is 2.44. The number of benzene rings is 1. The zero-order chi connectivity index (χ0) is 21.9. The molecule has 1 atom stereocenters. The van der Waals surface area contributed by atoms with Gasteiger partial charge >= 0.3 is 5.97 Å². The third-order valence-corrected chi connectivity index (χ3v) is 5.99. The van der Waals surface area contributed by atoms with E-state index in [1.807, 2.05) is 46.8 Å². The average Bonchev–Trinajstić information content (AvgIpc) is 3.01. The fraction of sp³-hybridized carbons (Fsp3) is 0.480. The average molecular weight is 429 g/mol. The molecule has 2 aromatic rings. The second kappa shape index (κ2) is 9.36. The van der Waals surface area contributed by atoms with Gasteiger partial charge in [0.2, 0.25) is 0 Å². The highest BCUT2D eigenvalue weighted by molar-refractivity contribution is 7.13. The minimum Gasteiger partial charge on any atom is -0.493 e. The Balaban J connectivity index is 2.20. The third-order valence-electron chi connectivity index (χ3n) is 4.91. The van der Waals surface area contributed by atoms with Gasteiger partial charge in [-0.3, -0.25) is 0 Å². The van der Waals surface area contributed by atoms with Gasteiger partial charge in [-0.1, -0.05) is 12.1 Å². The largest absolute Gasteiger partial charge is 0.493 e. The van der Waals surface area contributed by atoms with Gasteiger partial charge in [-0.15, -0.1) is 11.3 Å². The molecule has 162 valence electrons. The minimum atomic E-state index is -0.775. The normalized spacial score (nSPS) is 15.0. The van der Waals surface area contributed by atoms with Crippen LogP contribution < -0.4 is 4.74 Å². The van der Waals surface area contributed by atoms with Crippen molar-refractivity contribution in [3.05, 3.63) is 45.2 Å². The fourth-order valence-electron chi connectivity index (χ4n) is 3.77. The zero-order valence-corrected chi connectivity index (χ0v) is 19.7. The van der Waals surface area contributed by atoms with Gasteiger partial charge in [0.15, 0.2) is 6.10 Å². The van der Waals surface area contributed by atoms with Crippen LogP contribution in [0.25, 0.3) is 17.2 Å². The lowest BCUT2D eigenvalue weighted by atomic mass is 9.93. The summed E-state index contributed by atoms with van der Waals surface area (Å²) in [6.07, 6.45) is 5.38. The first-order valence-corrected chi connectivity index (χ1v) is 11.4. The predicted molar refractivity (Wildman–Crippen MR) is 123 cm³/mol. The van der Waals surface area contributed by atoms with Crippen LogP contribution in [-0.4, -0.2) is 24.8 Å². The van der Waals surface area contributed by atoms with Crippen molar-refractivity contribution in [2.45, 2.75) is 66.1 Å². The van der Waals surface area contributed by atoms with E-state index in [0.717, 1.165) is 51.6 Å². The van der Waals surface area contributed by atoms with E-state index in [9.17, 15) is 4.79 Å². The molecule has 1 aliphatic rings. The topological polar surface area (TPSA) is 44.8 Å². The van der Waals surface area contributed by atoms with Crippen LogP contribution in [-0.2, 0) is 20.7 Å². The lowest BCUT2D eigenvalue weighted by molar-refractivity contribution is -0.166. The van der Waals surface area contributed by atoms with Crippen LogP contribution in [0.5, 0.6) is 5.75 Å². The molecular formula is C25H32O4S. The van der Waals surface area contributed by atoms with E-state index >= 15 is 0 Å². The van der Waals surface area contributed by atoms with Gasteiger partial charge in [0, 0.05) is 20.9 Å². The lowest BCUT2D eigenvalue weighted by Crippen LogP contribution is -2.29. The molecule has 4 nitrogen and oxygen atoms in total. The summed E-state index contributed by atoms with van der Waals surface area (Å²) in [5.74, 6) is 0.613. The molecule has 30 heavy (non-hydrogen) atoms. The molecule has 0 amide bonds. The van der Waals surface area contributed by atoms with Crippen molar-refractivity contribution in [3.8, 4) is 16.9 Å². The highest BCUT2D eigenvalue weighted by Gasteiger charge is 2.34. The SMILES string of the molecule is CC=Cc1sc(C)c(C(OC(C)(C)C)C(=O)OCC)c1-c1ccc2c(c1)CCCO2. The maximum Gasteiger partial charge on any atom is 0.340 e. The van der Waals surface area contributed by atoms with Crippen molar-refractivity contribution in [2.24, 2.45) is 0 Å². The summed E-state index contributed by atoms with van der Waals surface area (Å²) >= 11 is 1.68. The monoisotopic (exact) mass is 428 g/mol. The summed E-state index contributed by atoms with van der Waals surface area (Å²) in [4.78, 5) is 15.2. The second-order valence-electron chi connectivity index (χ2n) is 8.45. The number of carbonyl (C=O) groups is 1. The Bertz CT molecular complexity index is 933. The number of ether oxygens (including phenoxy) is 3. The van der Waals surface area contributed by atoms with Crippen molar-refractivity contribution in [3.63, 3.8) is 0 Å². The summed E-state index contributed by atoms with van der Waals surface area (Å²) < 4.78 is 17.5. The first-order chi connectivity index (χ1) is 14.2. The van der Waals surface area contributed by atoms with Gasteiger partial charge in [-0.2, -0.15) is 0 Å². The summed E-state index contributed by atoms with van der Waals surface area (Å²) in [6.45, 7) is 12.9. The summed E-state index contributed by atoms with van der Waals surface area (Å²) in [5, 5.41) is 0. The molecule has 0 aliphatic carbocycles. The molecule has 0 bridgehead atoms. The Morgan fingerprint density at radius 3 is 2.77 bits per heavy atom. The third kappa shape index (κ3) is 4.96. The van der Waals surface area contributed by atoms with Crippen LogP contribution in [0.3, 0.4) is 0 Å². The van der Waals surface area contributed by atoms with Gasteiger partial charge in [-0.05, 0) is 83.7 Å². The number of esters is 1. The van der Waals surface area contributed by atoms with E-state index in [2.05, 4.69) is 25.1 Å². The maximum absolute atomic E-state index is 13.0. The predicted octanol–water partition coefficient (Wildman–Crippen LogP) is 6.50. The van der Waals surface area contributed by atoms with Crippen LogP contribution in [0.1, 0.15) is 68.0 Å². The second-order valence-corrected chi connectivity index (χ2v) is 9.70. The molecule has 1 aliphatic heterocycles. The zero-order valence-electron chi connectivity index (χ0n) is 18.8. The molecule has 0 saturated heterocycles. The molecule has 2 heterocycles. The van der Waals surface area contributed by atoms with Crippen LogP contribution >= 0.6 is 11.3 Å². The Hall–Kier alpha value is -2.11. The molecule has 1 unspecified atom stereocenters. The van der Waals surface area contributed by atoms with E-state index in [4.69, 9.17) is 14.2 Å². The summed E-state index contributed by atoms with van der Waals surface area (Å²) in [6, 6.07) is 6.33. The number of fused-ring (bicyclic) bond motifs is 1. The fourth-order valence-corrected chi connectivity index (χ4v) is 4.96. The number of hydrogen-bond donors (Lipinski definition) is 0. The standard InChI is InChI=1S/C25H32O4S/c1-7-10-20-22(18-12-13-19-17(15-18)11-9-14-28-19)21(16(3)30-20)23(24(26)27-8-2)29-25(4,5)6/h7,10,12-13,15,23H,8-9,11,14H2,1-6H3. The van der Waals surface area contributed by atoms with Crippen molar-refractivity contribution in [1.29, 1.82) is 0 Å². The van der Waals surface area contributed by atoms with Crippen molar-refractivity contribution >= 4 is 23.4 Å². The maximum atomic E-state index is 13.0. The molecule has 0 saturated carbocycles. The number of allylic oxidation sites excluding steroid dienone is 1. The smallest absolute Gasteiger partial charge is 0.340 e. The Morgan fingerprint density at radius 2 is 2.10 bits per heavy atom. The quantitative estimate of drug-likeness (QED) is 0.493. The highest BCUT2D eigenvalue weighted by atomic mass is 32.1. The molecule has 3 rings (SSSR count). The van der Waals surface area contributed by atoms with Crippen molar-refractivity contribution in [2.75, 3.05) is 13.2 Å². The van der Waals surface area contributed by atoms with Gasteiger partial charge in [-0.25, -0.2) is 4.79 Å². The van der Waals surface area contributed by atoms with Crippen LogP contribution in [0, 0.1) is 6.92 Å².